The van der Waals surface area contributed by atoms with Crippen molar-refractivity contribution in [3.8, 4) is 0 Å². The number of carboxylic acid groups (broad SMARTS) is 1. The Balaban J connectivity index is 2.08. The molecule has 2 rings (SSSR count). The van der Waals surface area contributed by atoms with Crippen LogP contribution in [0.25, 0.3) is 0 Å². The highest BCUT2D eigenvalue weighted by atomic mass is 35.5. The van der Waals surface area contributed by atoms with E-state index in [0.717, 1.165) is 4.73 Å². The molecule has 116 valence electrons. The second kappa shape index (κ2) is 6.90. The number of aromatic nitrogens is 3. The van der Waals surface area contributed by atoms with Gasteiger partial charge in [-0.2, -0.15) is 4.73 Å². The maximum Gasteiger partial charge on any atom is 0.309 e. The fraction of sp³-hybridized carbons (Fsp3) is 0.231. The highest BCUT2D eigenvalue weighted by molar-refractivity contribution is 6.30. The number of anilines is 1. The van der Waals surface area contributed by atoms with Crippen LogP contribution in [0.4, 0.5) is 5.82 Å². The molecule has 3 N–H and O–H groups in total. The van der Waals surface area contributed by atoms with Gasteiger partial charge in [-0.3, -0.25) is 9.59 Å². The number of nitrogens with zero attached hydrogens (tertiary/aromatic N) is 2. The summed E-state index contributed by atoms with van der Waals surface area (Å²) in [7, 11) is 0. The number of hydrogen-bond donors (Lipinski definition) is 3. The quantitative estimate of drug-likeness (QED) is 0.520. The van der Waals surface area contributed by atoms with Gasteiger partial charge in [-0.25, -0.2) is 4.98 Å². The van der Waals surface area contributed by atoms with Crippen molar-refractivity contribution in [2.24, 2.45) is 0 Å². The average Bonchev–Trinajstić information content (AvgIpc) is 2.45. The largest absolute Gasteiger partial charge is 0.619 e. The van der Waals surface area contributed by atoms with E-state index in [1.165, 1.54) is 6.20 Å². The Kier molecular flexibility index (Phi) is 4.95. The molecular formula is C13H13ClN4O4. The molecule has 0 spiro atoms. The zero-order valence-corrected chi connectivity index (χ0v) is 12.1. The van der Waals surface area contributed by atoms with E-state index in [-0.39, 0.29) is 23.2 Å². The molecule has 22 heavy (non-hydrogen) atoms. The number of carbonyl (C=O) groups is 1. The second-order valence-corrected chi connectivity index (χ2v) is 4.82. The van der Waals surface area contributed by atoms with Gasteiger partial charge in [-0.1, -0.05) is 17.7 Å². The Hall–Kier alpha value is -2.61. The number of nitrogens with one attached hydrogen (secondary N) is 2. The Morgan fingerprint density at radius 1 is 1.50 bits per heavy atom. The Morgan fingerprint density at radius 3 is 2.95 bits per heavy atom. The van der Waals surface area contributed by atoms with Crippen LogP contribution < -0.4 is 15.6 Å². The molecule has 0 unspecified atom stereocenters. The van der Waals surface area contributed by atoms with Gasteiger partial charge in [0.15, 0.2) is 17.7 Å². The predicted molar refractivity (Wildman–Crippen MR) is 78.8 cm³/mol. The second-order valence-electron chi connectivity index (χ2n) is 4.44. The predicted octanol–water partition coefficient (Wildman–Crippen LogP) is 0.338. The summed E-state index contributed by atoms with van der Waals surface area (Å²) in [5.74, 6) is -1.14. The number of aromatic amines is 1. The molecule has 0 aliphatic rings. The summed E-state index contributed by atoms with van der Waals surface area (Å²) in [5, 5.41) is 22.9. The number of halogens is 1. The van der Waals surface area contributed by atoms with Crippen molar-refractivity contribution in [1.29, 1.82) is 0 Å². The molecule has 0 radical (unpaired) electrons. The monoisotopic (exact) mass is 324 g/mol. The van der Waals surface area contributed by atoms with Crippen molar-refractivity contribution in [2.75, 3.05) is 11.9 Å². The van der Waals surface area contributed by atoms with E-state index < -0.39 is 17.9 Å². The fourth-order valence-corrected chi connectivity index (χ4v) is 2.01. The SMILES string of the molecule is O=C(O)Cc1nc(NCCc2cccc[n+]2[O-])c(=O)[nH]c1Cl. The lowest BCUT2D eigenvalue weighted by molar-refractivity contribution is -0.613. The molecule has 2 aromatic rings. The van der Waals surface area contributed by atoms with Crippen molar-refractivity contribution >= 4 is 23.4 Å². The Morgan fingerprint density at radius 2 is 2.27 bits per heavy atom. The molecule has 0 aliphatic carbocycles. The van der Waals surface area contributed by atoms with Gasteiger partial charge in [-0.15, -0.1) is 0 Å². The normalized spacial score (nSPS) is 10.4. The molecule has 0 aromatic carbocycles. The molecule has 8 nitrogen and oxygen atoms in total. The molecule has 0 aliphatic heterocycles. The third-order valence-electron chi connectivity index (χ3n) is 2.83. The number of H-pyrrole nitrogens is 1. The van der Waals surface area contributed by atoms with Crippen LogP contribution in [0.1, 0.15) is 11.4 Å². The summed E-state index contributed by atoms with van der Waals surface area (Å²) >= 11 is 5.74. The van der Waals surface area contributed by atoms with Crippen LogP contribution in [0.3, 0.4) is 0 Å². The zero-order valence-electron chi connectivity index (χ0n) is 11.4. The zero-order chi connectivity index (χ0) is 16.1. The minimum absolute atomic E-state index is 0.0333. The van der Waals surface area contributed by atoms with Crippen LogP contribution in [0.5, 0.6) is 0 Å². The third kappa shape index (κ3) is 3.95. The standard InChI is InChI=1S/C13H13ClN4O4/c14-11-9(7-10(19)20)16-12(13(21)17-11)15-5-4-8-3-1-2-6-18(8)22/h1-3,6H,4-5,7H2,(H,15,16)(H,17,21)(H,19,20). The van der Waals surface area contributed by atoms with Gasteiger partial charge >= 0.3 is 5.97 Å². The van der Waals surface area contributed by atoms with E-state index >= 15 is 0 Å². The minimum Gasteiger partial charge on any atom is -0.619 e. The lowest BCUT2D eigenvalue weighted by Crippen LogP contribution is -2.32. The third-order valence-corrected chi connectivity index (χ3v) is 3.15. The van der Waals surface area contributed by atoms with E-state index in [1.54, 1.807) is 18.2 Å². The van der Waals surface area contributed by atoms with Crippen LogP contribution in [0, 0.1) is 5.21 Å². The summed E-state index contributed by atoms with van der Waals surface area (Å²) in [6, 6.07) is 5.03. The number of rotatable bonds is 6. The van der Waals surface area contributed by atoms with Crippen molar-refractivity contribution in [2.45, 2.75) is 12.8 Å². The summed E-state index contributed by atoms with van der Waals surface area (Å²) in [6.45, 7) is 0.288. The van der Waals surface area contributed by atoms with E-state index in [2.05, 4.69) is 15.3 Å². The van der Waals surface area contributed by atoms with Gasteiger partial charge in [-0.05, 0) is 0 Å². The van der Waals surface area contributed by atoms with E-state index in [1.807, 2.05) is 0 Å². The van der Waals surface area contributed by atoms with Gasteiger partial charge in [0.25, 0.3) is 5.56 Å². The highest BCUT2D eigenvalue weighted by Gasteiger charge is 2.12. The molecule has 2 aromatic heterocycles. The van der Waals surface area contributed by atoms with Crippen molar-refractivity contribution in [1.82, 2.24) is 9.97 Å². The maximum atomic E-state index is 11.7. The van der Waals surface area contributed by atoms with Crippen molar-refractivity contribution < 1.29 is 14.6 Å². The fourth-order valence-electron chi connectivity index (χ4n) is 1.81. The molecule has 0 saturated heterocycles. The molecule has 0 bridgehead atoms. The summed E-state index contributed by atoms with van der Waals surface area (Å²) in [5.41, 5.74) is 0.0446. The Labute approximate surface area is 130 Å². The van der Waals surface area contributed by atoms with Gasteiger partial charge < -0.3 is 20.6 Å². The molecule has 0 atom stereocenters. The molecule has 0 saturated carbocycles. The molecule has 9 heteroatoms. The molecular weight excluding hydrogens is 312 g/mol. The van der Waals surface area contributed by atoms with Gasteiger partial charge in [0.1, 0.15) is 5.15 Å². The first kappa shape index (κ1) is 15.8. The van der Waals surface area contributed by atoms with Crippen molar-refractivity contribution in [3.63, 3.8) is 0 Å². The smallest absolute Gasteiger partial charge is 0.309 e. The van der Waals surface area contributed by atoms with Gasteiger partial charge in [0.05, 0.1) is 18.5 Å². The number of hydrogen-bond acceptors (Lipinski definition) is 5. The summed E-state index contributed by atoms with van der Waals surface area (Å²) in [6.07, 6.45) is 1.36. The highest BCUT2D eigenvalue weighted by Crippen LogP contribution is 2.10. The van der Waals surface area contributed by atoms with Gasteiger partial charge in [0, 0.05) is 18.7 Å². The van der Waals surface area contributed by atoms with Crippen LogP contribution in [-0.2, 0) is 17.6 Å². The van der Waals surface area contributed by atoms with Crippen LogP contribution >= 0.6 is 11.6 Å². The van der Waals surface area contributed by atoms with Crippen LogP contribution in [0.15, 0.2) is 29.2 Å². The number of carboxylic acids is 1. The molecule has 2 heterocycles. The van der Waals surface area contributed by atoms with Gasteiger partial charge in [0.2, 0.25) is 0 Å². The molecule has 0 amide bonds. The average molecular weight is 325 g/mol. The van der Waals surface area contributed by atoms with E-state index in [4.69, 9.17) is 16.7 Å². The first-order valence-electron chi connectivity index (χ1n) is 6.39. The minimum atomic E-state index is -1.11. The first-order chi connectivity index (χ1) is 10.5. The lowest BCUT2D eigenvalue weighted by atomic mass is 10.2. The van der Waals surface area contributed by atoms with E-state index in [0.29, 0.717) is 12.1 Å². The van der Waals surface area contributed by atoms with Crippen LogP contribution in [-0.4, -0.2) is 27.6 Å². The van der Waals surface area contributed by atoms with Crippen LogP contribution in [0.2, 0.25) is 5.15 Å². The maximum absolute atomic E-state index is 11.7. The summed E-state index contributed by atoms with van der Waals surface area (Å²) in [4.78, 5) is 28.7. The topological polar surface area (TPSA) is 122 Å². The van der Waals surface area contributed by atoms with Crippen molar-refractivity contribution in [3.05, 3.63) is 56.5 Å². The first-order valence-corrected chi connectivity index (χ1v) is 6.76. The Bertz CT molecular complexity index is 747. The molecule has 0 fully saturated rings. The lowest BCUT2D eigenvalue weighted by Gasteiger charge is -2.07. The number of aliphatic carboxylic acids is 1. The number of pyridine rings is 1. The van der Waals surface area contributed by atoms with E-state index in [9.17, 15) is 14.8 Å². The summed E-state index contributed by atoms with van der Waals surface area (Å²) < 4.78 is 0.733.